The average molecular weight is 227 g/mol. The molecule has 0 saturated carbocycles. The van der Waals surface area contributed by atoms with E-state index >= 15 is 0 Å². The van der Waals surface area contributed by atoms with Gasteiger partial charge in [0.2, 0.25) is 5.28 Å². The molecule has 0 bridgehead atoms. The SMILES string of the molecule is C=CCSc1nc(Cl)nc2[nH]ncc12. The molecule has 0 saturated heterocycles. The Labute approximate surface area is 89.8 Å². The van der Waals surface area contributed by atoms with Crippen LogP contribution in [-0.4, -0.2) is 25.9 Å². The van der Waals surface area contributed by atoms with Crippen molar-refractivity contribution in [3.63, 3.8) is 0 Å². The van der Waals surface area contributed by atoms with Gasteiger partial charge in [-0.3, -0.25) is 5.10 Å². The van der Waals surface area contributed by atoms with Crippen LogP contribution < -0.4 is 0 Å². The number of aromatic nitrogens is 4. The molecule has 6 heteroatoms. The predicted molar refractivity (Wildman–Crippen MR) is 57.6 cm³/mol. The summed E-state index contributed by atoms with van der Waals surface area (Å²) in [7, 11) is 0. The largest absolute Gasteiger partial charge is 0.261 e. The van der Waals surface area contributed by atoms with Gasteiger partial charge in [0.25, 0.3) is 0 Å². The third-order valence-electron chi connectivity index (χ3n) is 1.59. The number of nitrogens with zero attached hydrogens (tertiary/aromatic N) is 3. The first kappa shape index (κ1) is 9.48. The number of fused-ring (bicyclic) bond motifs is 1. The molecule has 2 aromatic rings. The molecular weight excluding hydrogens is 220 g/mol. The van der Waals surface area contributed by atoms with Crippen molar-refractivity contribution in [3.05, 3.63) is 24.1 Å². The highest BCUT2D eigenvalue weighted by Crippen LogP contribution is 2.24. The Hall–Kier alpha value is -1.07. The van der Waals surface area contributed by atoms with Gasteiger partial charge in [0.15, 0.2) is 5.65 Å². The molecule has 0 fully saturated rings. The Morgan fingerprint density at radius 2 is 2.43 bits per heavy atom. The number of rotatable bonds is 3. The van der Waals surface area contributed by atoms with Crippen molar-refractivity contribution in [1.29, 1.82) is 0 Å². The van der Waals surface area contributed by atoms with Crippen molar-refractivity contribution in [2.24, 2.45) is 0 Å². The highest BCUT2D eigenvalue weighted by molar-refractivity contribution is 7.99. The van der Waals surface area contributed by atoms with Crippen molar-refractivity contribution in [2.45, 2.75) is 5.03 Å². The zero-order chi connectivity index (χ0) is 9.97. The van der Waals surface area contributed by atoms with Crippen molar-refractivity contribution in [2.75, 3.05) is 5.75 Å². The van der Waals surface area contributed by atoms with Gasteiger partial charge in [-0.15, -0.1) is 18.3 Å². The number of H-pyrrole nitrogens is 1. The lowest BCUT2D eigenvalue weighted by molar-refractivity contribution is 1.07. The van der Waals surface area contributed by atoms with E-state index in [1.165, 1.54) is 0 Å². The summed E-state index contributed by atoms with van der Waals surface area (Å²) in [5.41, 5.74) is 0.663. The maximum absolute atomic E-state index is 5.75. The Morgan fingerprint density at radius 1 is 1.57 bits per heavy atom. The van der Waals surface area contributed by atoms with Gasteiger partial charge >= 0.3 is 0 Å². The molecule has 0 radical (unpaired) electrons. The van der Waals surface area contributed by atoms with Gasteiger partial charge in [-0.05, 0) is 11.6 Å². The Balaban J connectivity index is 2.49. The normalized spacial score (nSPS) is 10.6. The van der Waals surface area contributed by atoms with Gasteiger partial charge in [-0.2, -0.15) is 10.1 Å². The summed E-state index contributed by atoms with van der Waals surface area (Å²) in [4.78, 5) is 8.12. The van der Waals surface area contributed by atoms with Crippen LogP contribution in [0.5, 0.6) is 0 Å². The summed E-state index contributed by atoms with van der Waals surface area (Å²) in [6, 6.07) is 0. The fourth-order valence-electron chi connectivity index (χ4n) is 1.03. The van der Waals surface area contributed by atoms with Gasteiger partial charge in [0.05, 0.1) is 11.6 Å². The third kappa shape index (κ3) is 1.73. The molecule has 0 unspecified atom stereocenters. The summed E-state index contributed by atoms with van der Waals surface area (Å²) in [5, 5.41) is 8.59. The molecule has 4 nitrogen and oxygen atoms in total. The number of nitrogens with one attached hydrogen (secondary N) is 1. The smallest absolute Gasteiger partial charge is 0.225 e. The van der Waals surface area contributed by atoms with E-state index in [0.717, 1.165) is 16.2 Å². The summed E-state index contributed by atoms with van der Waals surface area (Å²) < 4.78 is 0. The van der Waals surface area contributed by atoms with Crippen LogP contribution >= 0.6 is 23.4 Å². The number of hydrogen-bond acceptors (Lipinski definition) is 4. The van der Waals surface area contributed by atoms with Crippen LogP contribution in [0.3, 0.4) is 0 Å². The molecule has 0 aliphatic carbocycles. The van der Waals surface area contributed by atoms with E-state index in [2.05, 4.69) is 26.7 Å². The zero-order valence-electron chi connectivity index (χ0n) is 7.20. The van der Waals surface area contributed by atoms with Crippen LogP contribution in [-0.2, 0) is 0 Å². The monoisotopic (exact) mass is 226 g/mol. The van der Waals surface area contributed by atoms with Crippen molar-refractivity contribution >= 4 is 34.4 Å². The second-order valence-electron chi connectivity index (χ2n) is 2.53. The lowest BCUT2D eigenvalue weighted by Gasteiger charge is -1.98. The first-order valence-corrected chi connectivity index (χ1v) is 5.28. The second kappa shape index (κ2) is 3.98. The van der Waals surface area contributed by atoms with E-state index in [1.54, 1.807) is 18.0 Å². The Bertz CT molecular complexity index is 467. The molecule has 1 N–H and O–H groups in total. The summed E-state index contributed by atoms with van der Waals surface area (Å²) in [6.45, 7) is 3.65. The molecule has 0 spiro atoms. The van der Waals surface area contributed by atoms with Crippen LogP contribution in [0.25, 0.3) is 11.0 Å². The third-order valence-corrected chi connectivity index (χ3v) is 2.74. The topological polar surface area (TPSA) is 54.5 Å². The van der Waals surface area contributed by atoms with E-state index in [-0.39, 0.29) is 5.28 Å². The van der Waals surface area contributed by atoms with E-state index in [4.69, 9.17) is 11.6 Å². The average Bonchev–Trinajstić information content (AvgIpc) is 2.61. The van der Waals surface area contributed by atoms with Crippen molar-refractivity contribution in [1.82, 2.24) is 20.2 Å². The molecular formula is C8H7ClN4S. The van der Waals surface area contributed by atoms with Crippen molar-refractivity contribution < 1.29 is 0 Å². The lowest BCUT2D eigenvalue weighted by Crippen LogP contribution is -1.88. The molecule has 0 aromatic carbocycles. The number of hydrogen-bond donors (Lipinski definition) is 1. The highest BCUT2D eigenvalue weighted by atomic mass is 35.5. The second-order valence-corrected chi connectivity index (χ2v) is 3.88. The van der Waals surface area contributed by atoms with E-state index in [1.807, 2.05) is 6.08 Å². The van der Waals surface area contributed by atoms with Gasteiger partial charge in [-0.1, -0.05) is 6.08 Å². The van der Waals surface area contributed by atoms with Gasteiger partial charge in [0.1, 0.15) is 5.03 Å². The van der Waals surface area contributed by atoms with Crippen LogP contribution in [0.2, 0.25) is 5.28 Å². The van der Waals surface area contributed by atoms with Crippen LogP contribution in [0.4, 0.5) is 0 Å². The van der Waals surface area contributed by atoms with Gasteiger partial charge in [-0.25, -0.2) is 4.98 Å². The molecule has 2 aromatic heterocycles. The molecule has 0 aliphatic heterocycles. The zero-order valence-corrected chi connectivity index (χ0v) is 8.77. The van der Waals surface area contributed by atoms with E-state index in [0.29, 0.717) is 5.65 Å². The minimum atomic E-state index is 0.230. The number of halogens is 1. The van der Waals surface area contributed by atoms with Crippen LogP contribution in [0.15, 0.2) is 23.9 Å². The summed E-state index contributed by atoms with van der Waals surface area (Å²) in [5.74, 6) is 0.785. The molecule has 2 rings (SSSR count). The highest BCUT2D eigenvalue weighted by Gasteiger charge is 2.07. The first-order chi connectivity index (χ1) is 6.81. The summed E-state index contributed by atoms with van der Waals surface area (Å²) >= 11 is 7.31. The predicted octanol–water partition coefficient (Wildman–Crippen LogP) is 2.28. The maximum Gasteiger partial charge on any atom is 0.225 e. The van der Waals surface area contributed by atoms with Gasteiger partial charge in [0, 0.05) is 5.75 Å². The van der Waals surface area contributed by atoms with E-state index in [9.17, 15) is 0 Å². The minimum Gasteiger partial charge on any atom is -0.261 e. The minimum absolute atomic E-state index is 0.230. The molecule has 14 heavy (non-hydrogen) atoms. The Kier molecular flexibility index (Phi) is 2.69. The lowest BCUT2D eigenvalue weighted by atomic mass is 10.4. The first-order valence-electron chi connectivity index (χ1n) is 3.91. The molecule has 0 aliphatic rings. The van der Waals surface area contributed by atoms with Crippen molar-refractivity contribution in [3.8, 4) is 0 Å². The molecule has 0 amide bonds. The number of aromatic amines is 1. The fraction of sp³-hybridized carbons (Fsp3) is 0.125. The van der Waals surface area contributed by atoms with Crippen LogP contribution in [0.1, 0.15) is 0 Å². The molecule has 0 atom stereocenters. The summed E-state index contributed by atoms with van der Waals surface area (Å²) in [6.07, 6.45) is 3.50. The Morgan fingerprint density at radius 3 is 3.21 bits per heavy atom. The van der Waals surface area contributed by atoms with Gasteiger partial charge < -0.3 is 0 Å². The quantitative estimate of drug-likeness (QED) is 0.378. The standard InChI is InChI=1S/C8H7ClN4S/c1-2-3-14-7-5-4-10-13-6(5)11-8(9)12-7/h2,4H,1,3H2,(H,10,11,12,13). The molecule has 72 valence electrons. The molecule has 2 heterocycles. The van der Waals surface area contributed by atoms with E-state index < -0.39 is 0 Å². The van der Waals surface area contributed by atoms with Crippen LogP contribution in [0, 0.1) is 0 Å². The number of thioether (sulfide) groups is 1. The maximum atomic E-state index is 5.75. The fourth-order valence-corrected chi connectivity index (χ4v) is 1.98.